The largest absolute Gasteiger partial charge is 0.492 e. The molecule has 1 amide bonds. The molecule has 7 heteroatoms. The molecule has 0 aromatic carbocycles. The lowest BCUT2D eigenvalue weighted by Crippen LogP contribution is -2.49. The van der Waals surface area contributed by atoms with E-state index in [1.807, 2.05) is 11.8 Å². The molecule has 7 nitrogen and oxygen atoms in total. The van der Waals surface area contributed by atoms with Crippen LogP contribution in [0.3, 0.4) is 0 Å². The highest BCUT2D eigenvalue weighted by atomic mass is 16.6. The first-order chi connectivity index (χ1) is 13.9. The van der Waals surface area contributed by atoms with Crippen LogP contribution in [0.2, 0.25) is 0 Å². The van der Waals surface area contributed by atoms with Crippen molar-refractivity contribution in [2.24, 2.45) is 11.3 Å². The molecule has 2 saturated carbocycles. The number of carbonyl (C=O) groups excluding carboxylic acids is 1. The van der Waals surface area contributed by atoms with Crippen LogP contribution in [0.4, 0.5) is 4.79 Å². The third-order valence-electron chi connectivity index (χ3n) is 6.79. The molecule has 1 aromatic heterocycles. The Hall–Kier alpha value is -2.31. The number of aromatic nitrogens is 1. The van der Waals surface area contributed by atoms with E-state index in [0.717, 1.165) is 57.5 Å². The number of likely N-dealkylation sites (tertiary alicyclic amines) is 1. The van der Waals surface area contributed by atoms with Crippen molar-refractivity contribution in [3.63, 3.8) is 0 Å². The Kier molecular flexibility index (Phi) is 5.40. The summed E-state index contributed by atoms with van der Waals surface area (Å²) in [7, 11) is 0. The number of rotatable bonds is 7. The molecule has 0 radical (unpaired) electrons. The second-order valence-corrected chi connectivity index (χ2v) is 9.25. The number of piperidine rings is 1. The predicted molar refractivity (Wildman–Crippen MR) is 106 cm³/mol. The molecule has 3 fully saturated rings. The number of aromatic carboxylic acids is 1. The van der Waals surface area contributed by atoms with Crippen molar-refractivity contribution in [3.05, 3.63) is 24.0 Å². The van der Waals surface area contributed by atoms with Crippen molar-refractivity contribution in [1.82, 2.24) is 9.88 Å². The Balaban J connectivity index is 1.10. The fourth-order valence-corrected chi connectivity index (χ4v) is 4.65. The van der Waals surface area contributed by atoms with E-state index in [-0.39, 0.29) is 17.4 Å². The van der Waals surface area contributed by atoms with Crippen LogP contribution in [-0.4, -0.2) is 52.4 Å². The summed E-state index contributed by atoms with van der Waals surface area (Å²) in [5, 5.41) is 8.85. The van der Waals surface area contributed by atoms with Gasteiger partial charge in [0, 0.05) is 13.1 Å². The summed E-state index contributed by atoms with van der Waals surface area (Å²) in [6.45, 7) is 4.28. The van der Waals surface area contributed by atoms with E-state index < -0.39 is 5.97 Å². The first-order valence-electron chi connectivity index (χ1n) is 10.7. The van der Waals surface area contributed by atoms with Gasteiger partial charge in [0.15, 0.2) is 0 Å². The molecule has 0 unspecified atom stereocenters. The average Bonchev–Trinajstić information content (AvgIpc) is 3.41. The Labute approximate surface area is 171 Å². The summed E-state index contributed by atoms with van der Waals surface area (Å²) in [4.78, 5) is 28.8. The summed E-state index contributed by atoms with van der Waals surface area (Å²) in [6.07, 6.45) is 10.1. The molecule has 3 aliphatic rings. The lowest BCUT2D eigenvalue weighted by Gasteiger charge is -2.52. The van der Waals surface area contributed by atoms with Gasteiger partial charge in [-0.1, -0.05) is 0 Å². The van der Waals surface area contributed by atoms with Gasteiger partial charge in [-0.15, -0.1) is 0 Å². The van der Waals surface area contributed by atoms with E-state index in [2.05, 4.69) is 4.98 Å². The minimum absolute atomic E-state index is 0.0261. The normalized spacial score (nSPS) is 22.0. The molecule has 1 aliphatic heterocycles. The minimum Gasteiger partial charge on any atom is -0.492 e. The summed E-state index contributed by atoms with van der Waals surface area (Å²) < 4.78 is 11.3. The van der Waals surface area contributed by atoms with E-state index in [0.29, 0.717) is 17.8 Å². The van der Waals surface area contributed by atoms with Crippen molar-refractivity contribution >= 4 is 12.1 Å². The molecular weight excluding hydrogens is 372 g/mol. The maximum absolute atomic E-state index is 12.2. The summed E-state index contributed by atoms with van der Waals surface area (Å²) in [5.74, 6) is 0.324. The standard InChI is InChI=1S/C22H30N2O5/c1-21(6-7-21)29-20(27)24-10-8-22(9-11-24)13-16(14-22)3-2-12-28-17-4-5-18(19(25)26)23-15-17/h4-5,15-16H,2-3,6-14H2,1H3,(H,25,26). The van der Waals surface area contributed by atoms with E-state index in [1.165, 1.54) is 25.1 Å². The Bertz CT molecular complexity index is 743. The van der Waals surface area contributed by atoms with Gasteiger partial charge in [0.25, 0.3) is 0 Å². The molecule has 1 N–H and O–H groups in total. The highest BCUT2D eigenvalue weighted by Gasteiger charge is 2.47. The maximum atomic E-state index is 12.2. The van der Waals surface area contributed by atoms with E-state index in [9.17, 15) is 9.59 Å². The highest BCUT2D eigenvalue weighted by Crippen LogP contribution is 2.54. The van der Waals surface area contributed by atoms with E-state index in [4.69, 9.17) is 14.6 Å². The van der Waals surface area contributed by atoms with Crippen LogP contribution in [0.25, 0.3) is 0 Å². The predicted octanol–water partition coefficient (Wildman–Crippen LogP) is 4.12. The lowest BCUT2D eigenvalue weighted by molar-refractivity contribution is -0.0231. The SMILES string of the molecule is CC1(OC(=O)N2CCC3(CC2)CC(CCCOc2ccc(C(=O)O)nc2)C3)CC1. The van der Waals surface area contributed by atoms with Crippen molar-refractivity contribution < 1.29 is 24.2 Å². The Morgan fingerprint density at radius 3 is 2.52 bits per heavy atom. The molecule has 29 heavy (non-hydrogen) atoms. The first kappa shape index (κ1) is 20.0. The molecule has 2 heterocycles. The number of amides is 1. The lowest BCUT2D eigenvalue weighted by atomic mass is 9.56. The van der Waals surface area contributed by atoms with Crippen molar-refractivity contribution in [2.75, 3.05) is 19.7 Å². The van der Waals surface area contributed by atoms with Gasteiger partial charge in [-0.3, -0.25) is 0 Å². The molecule has 1 spiro atoms. The third kappa shape index (κ3) is 4.82. The van der Waals surface area contributed by atoms with E-state index in [1.54, 1.807) is 6.07 Å². The van der Waals surface area contributed by atoms with Crippen LogP contribution in [0.1, 0.15) is 68.8 Å². The fraction of sp³-hybridized carbons (Fsp3) is 0.682. The van der Waals surface area contributed by atoms with Gasteiger partial charge >= 0.3 is 12.1 Å². The fourth-order valence-electron chi connectivity index (χ4n) is 4.65. The zero-order valence-electron chi connectivity index (χ0n) is 17.1. The Morgan fingerprint density at radius 1 is 1.21 bits per heavy atom. The van der Waals surface area contributed by atoms with Crippen LogP contribution in [-0.2, 0) is 4.74 Å². The molecule has 2 aliphatic carbocycles. The van der Waals surface area contributed by atoms with Gasteiger partial charge < -0.3 is 19.5 Å². The monoisotopic (exact) mass is 402 g/mol. The summed E-state index contributed by atoms with van der Waals surface area (Å²) in [6, 6.07) is 3.11. The number of hydrogen-bond acceptors (Lipinski definition) is 5. The van der Waals surface area contributed by atoms with Gasteiger partial charge in [0.2, 0.25) is 0 Å². The number of pyridine rings is 1. The number of carboxylic acid groups (broad SMARTS) is 1. The molecule has 4 rings (SSSR count). The van der Waals surface area contributed by atoms with Crippen LogP contribution in [0, 0.1) is 11.3 Å². The van der Waals surface area contributed by atoms with Gasteiger partial charge in [0.1, 0.15) is 17.0 Å². The molecular formula is C22H30N2O5. The number of hydrogen-bond donors (Lipinski definition) is 1. The van der Waals surface area contributed by atoms with Crippen LogP contribution >= 0.6 is 0 Å². The van der Waals surface area contributed by atoms with Crippen molar-refractivity contribution in [1.29, 1.82) is 0 Å². The quantitative estimate of drug-likeness (QED) is 0.690. The topological polar surface area (TPSA) is 89.0 Å². The number of ether oxygens (including phenoxy) is 2. The second kappa shape index (κ2) is 7.84. The van der Waals surface area contributed by atoms with Crippen molar-refractivity contribution in [2.45, 2.75) is 63.9 Å². The van der Waals surface area contributed by atoms with Gasteiger partial charge in [0.05, 0.1) is 12.8 Å². The molecule has 1 saturated heterocycles. The molecule has 0 bridgehead atoms. The van der Waals surface area contributed by atoms with Gasteiger partial charge in [-0.05, 0) is 81.8 Å². The van der Waals surface area contributed by atoms with Gasteiger partial charge in [-0.2, -0.15) is 0 Å². The molecule has 158 valence electrons. The van der Waals surface area contributed by atoms with E-state index >= 15 is 0 Å². The number of carbonyl (C=O) groups is 2. The second-order valence-electron chi connectivity index (χ2n) is 9.25. The molecule has 0 atom stereocenters. The van der Waals surface area contributed by atoms with Crippen LogP contribution < -0.4 is 4.74 Å². The highest BCUT2D eigenvalue weighted by molar-refractivity contribution is 5.85. The number of carboxylic acids is 1. The Morgan fingerprint density at radius 2 is 1.93 bits per heavy atom. The van der Waals surface area contributed by atoms with Gasteiger partial charge in [-0.25, -0.2) is 14.6 Å². The number of nitrogens with zero attached hydrogens (tertiary/aromatic N) is 2. The maximum Gasteiger partial charge on any atom is 0.410 e. The van der Waals surface area contributed by atoms with Crippen molar-refractivity contribution in [3.8, 4) is 5.75 Å². The zero-order chi connectivity index (χ0) is 20.5. The average molecular weight is 402 g/mol. The third-order valence-corrected chi connectivity index (χ3v) is 6.79. The summed E-state index contributed by atoms with van der Waals surface area (Å²) in [5.41, 5.74) is 0.269. The minimum atomic E-state index is -1.03. The zero-order valence-corrected chi connectivity index (χ0v) is 17.1. The summed E-state index contributed by atoms with van der Waals surface area (Å²) >= 11 is 0. The molecule has 1 aromatic rings. The van der Waals surface area contributed by atoms with Crippen LogP contribution in [0.15, 0.2) is 18.3 Å². The van der Waals surface area contributed by atoms with Crippen LogP contribution in [0.5, 0.6) is 5.75 Å². The smallest absolute Gasteiger partial charge is 0.410 e. The first-order valence-corrected chi connectivity index (χ1v) is 10.7.